The number of carbonyl (C=O) groups is 1. The van der Waals surface area contributed by atoms with Gasteiger partial charge in [-0.15, -0.1) is 0 Å². The first-order valence-electron chi connectivity index (χ1n) is 11.7. The highest BCUT2D eigenvalue weighted by atomic mass is 16.5. The molecular formula is C29H25N3O4. The maximum absolute atomic E-state index is 13.6. The number of carbonyl (C=O) groups excluding carboxylic acids is 1. The minimum absolute atomic E-state index is 0.143. The summed E-state index contributed by atoms with van der Waals surface area (Å²) >= 11 is 0. The highest BCUT2D eigenvalue weighted by Crippen LogP contribution is 2.25. The van der Waals surface area contributed by atoms with Gasteiger partial charge < -0.3 is 19.6 Å². The fraction of sp³-hybridized carbons (Fsp3) is 0.138. The lowest BCUT2D eigenvalue weighted by atomic mass is 10.1. The molecule has 7 heteroatoms. The minimum Gasteiger partial charge on any atom is -0.494 e. The van der Waals surface area contributed by atoms with E-state index in [1.165, 1.54) is 0 Å². The zero-order chi connectivity index (χ0) is 25.1. The van der Waals surface area contributed by atoms with Crippen molar-refractivity contribution in [3.05, 3.63) is 101 Å². The molecule has 0 aliphatic carbocycles. The predicted molar refractivity (Wildman–Crippen MR) is 139 cm³/mol. The van der Waals surface area contributed by atoms with E-state index in [9.17, 15) is 9.90 Å². The third kappa shape index (κ3) is 4.56. The Morgan fingerprint density at radius 1 is 1.06 bits per heavy atom. The Bertz CT molecular complexity index is 1630. The molecule has 0 unspecified atom stereocenters. The number of amides is 1. The molecule has 3 aromatic carbocycles. The molecule has 0 radical (unpaired) electrons. The van der Waals surface area contributed by atoms with Gasteiger partial charge in [-0.2, -0.15) is 0 Å². The number of aliphatic hydroxyl groups is 1. The van der Waals surface area contributed by atoms with Gasteiger partial charge in [-0.25, -0.2) is 4.99 Å². The summed E-state index contributed by atoms with van der Waals surface area (Å²) in [5.41, 5.74) is 3.32. The zero-order valence-electron chi connectivity index (χ0n) is 20.0. The Morgan fingerprint density at radius 3 is 2.61 bits per heavy atom. The molecule has 2 heterocycles. The van der Waals surface area contributed by atoms with Crippen molar-refractivity contribution >= 4 is 39.0 Å². The van der Waals surface area contributed by atoms with E-state index in [1.54, 1.807) is 24.4 Å². The molecule has 0 spiro atoms. The number of aromatic nitrogens is 1. The largest absolute Gasteiger partial charge is 0.494 e. The number of hydrogen-bond donors (Lipinski definition) is 2. The lowest BCUT2D eigenvalue weighted by Crippen LogP contribution is -2.22. The van der Waals surface area contributed by atoms with Crippen LogP contribution in [0.25, 0.3) is 21.7 Å². The van der Waals surface area contributed by atoms with Crippen molar-refractivity contribution in [2.75, 3.05) is 11.9 Å². The summed E-state index contributed by atoms with van der Waals surface area (Å²) in [6.45, 7) is 4.06. The standard InChI is InChI=1S/C29H25N3O4/c1-3-35-22-13-11-21(12-14-22)31-29-25(15-24-20(17-33)16-30-18(2)27(24)36-29)28(34)32-26-10-6-8-19-7-4-5-9-23(19)26/h4-16,33H,3,17H2,1-2H3,(H,32,34). The summed E-state index contributed by atoms with van der Waals surface area (Å²) in [5, 5.41) is 15.4. The fourth-order valence-electron chi connectivity index (χ4n) is 4.09. The number of aliphatic hydroxyl groups excluding tert-OH is 1. The third-order valence-corrected chi connectivity index (χ3v) is 5.88. The van der Waals surface area contributed by atoms with Crippen LogP contribution in [0.1, 0.15) is 28.5 Å². The smallest absolute Gasteiger partial charge is 0.261 e. The summed E-state index contributed by atoms with van der Waals surface area (Å²) in [6.07, 6.45) is 1.59. The number of anilines is 1. The first kappa shape index (κ1) is 23.3. The van der Waals surface area contributed by atoms with Crippen molar-refractivity contribution in [3.63, 3.8) is 0 Å². The Kier molecular flexibility index (Phi) is 6.47. The van der Waals surface area contributed by atoms with Crippen LogP contribution in [0.15, 0.2) is 88.4 Å². The number of benzene rings is 3. The van der Waals surface area contributed by atoms with Crippen molar-refractivity contribution in [1.82, 2.24) is 4.98 Å². The summed E-state index contributed by atoms with van der Waals surface area (Å²) in [4.78, 5) is 22.6. The van der Waals surface area contributed by atoms with Crippen LogP contribution in [0.2, 0.25) is 0 Å². The van der Waals surface area contributed by atoms with Crippen molar-refractivity contribution in [1.29, 1.82) is 0 Å². The van der Waals surface area contributed by atoms with Gasteiger partial charge in [0.15, 0.2) is 5.58 Å². The number of pyridine rings is 1. The number of rotatable bonds is 6. The van der Waals surface area contributed by atoms with E-state index >= 15 is 0 Å². The van der Waals surface area contributed by atoms with Gasteiger partial charge in [0.05, 0.1) is 24.6 Å². The van der Waals surface area contributed by atoms with E-state index in [0.29, 0.717) is 40.2 Å². The van der Waals surface area contributed by atoms with Crippen LogP contribution < -0.4 is 15.6 Å². The molecule has 0 atom stereocenters. The maximum Gasteiger partial charge on any atom is 0.261 e. The van der Waals surface area contributed by atoms with Gasteiger partial charge >= 0.3 is 0 Å². The van der Waals surface area contributed by atoms with E-state index in [2.05, 4.69) is 15.3 Å². The summed E-state index contributed by atoms with van der Waals surface area (Å²) in [5.74, 6) is 0.355. The van der Waals surface area contributed by atoms with Gasteiger partial charge in [0.1, 0.15) is 11.3 Å². The predicted octanol–water partition coefficient (Wildman–Crippen LogP) is 5.67. The Hall–Kier alpha value is -4.49. The van der Waals surface area contributed by atoms with Crippen LogP contribution in [-0.4, -0.2) is 22.6 Å². The van der Waals surface area contributed by atoms with Crippen molar-refractivity contribution in [2.24, 2.45) is 4.99 Å². The lowest BCUT2D eigenvalue weighted by Gasteiger charge is -2.11. The molecule has 0 aliphatic heterocycles. The van der Waals surface area contributed by atoms with Crippen LogP contribution in [0.4, 0.5) is 11.4 Å². The van der Waals surface area contributed by atoms with Gasteiger partial charge in [0, 0.05) is 28.2 Å². The SMILES string of the molecule is CCOc1ccc(N=c2oc3c(C)ncc(CO)c3cc2C(=O)Nc2cccc3ccccc23)cc1. The topological polar surface area (TPSA) is 97.0 Å². The quantitative estimate of drug-likeness (QED) is 0.327. The molecule has 7 nitrogen and oxygen atoms in total. The van der Waals surface area contributed by atoms with Gasteiger partial charge in [0.2, 0.25) is 5.55 Å². The van der Waals surface area contributed by atoms with Crippen LogP contribution in [-0.2, 0) is 6.61 Å². The van der Waals surface area contributed by atoms with E-state index < -0.39 is 0 Å². The lowest BCUT2D eigenvalue weighted by molar-refractivity contribution is 0.102. The van der Waals surface area contributed by atoms with Gasteiger partial charge in [0.25, 0.3) is 5.91 Å². The number of aryl methyl sites for hydroxylation is 1. The fourth-order valence-corrected chi connectivity index (χ4v) is 4.09. The minimum atomic E-state index is -0.375. The Balaban J connectivity index is 1.66. The molecule has 0 bridgehead atoms. The summed E-state index contributed by atoms with van der Waals surface area (Å²) < 4.78 is 11.7. The molecule has 5 rings (SSSR count). The molecule has 5 aromatic rings. The first-order valence-corrected chi connectivity index (χ1v) is 11.7. The molecule has 36 heavy (non-hydrogen) atoms. The van der Waals surface area contributed by atoms with E-state index in [-0.39, 0.29) is 23.6 Å². The van der Waals surface area contributed by atoms with E-state index in [1.807, 2.05) is 68.4 Å². The summed E-state index contributed by atoms with van der Waals surface area (Å²) in [7, 11) is 0. The summed E-state index contributed by atoms with van der Waals surface area (Å²) in [6, 6.07) is 22.5. The molecule has 2 N–H and O–H groups in total. The van der Waals surface area contributed by atoms with Crippen LogP contribution in [0, 0.1) is 6.92 Å². The molecular weight excluding hydrogens is 454 g/mol. The number of hydrogen-bond acceptors (Lipinski definition) is 6. The molecule has 0 saturated carbocycles. The van der Waals surface area contributed by atoms with Gasteiger partial charge in [-0.1, -0.05) is 36.4 Å². The van der Waals surface area contributed by atoms with Crippen molar-refractivity contribution in [2.45, 2.75) is 20.5 Å². The normalized spacial score (nSPS) is 11.7. The highest BCUT2D eigenvalue weighted by Gasteiger charge is 2.17. The third-order valence-electron chi connectivity index (χ3n) is 5.88. The second kappa shape index (κ2) is 10.0. The molecule has 1 amide bonds. The van der Waals surface area contributed by atoms with Crippen LogP contribution in [0.5, 0.6) is 5.75 Å². The highest BCUT2D eigenvalue weighted by molar-refractivity contribution is 6.10. The average molecular weight is 480 g/mol. The average Bonchev–Trinajstić information content (AvgIpc) is 2.90. The van der Waals surface area contributed by atoms with Crippen LogP contribution >= 0.6 is 0 Å². The number of fused-ring (bicyclic) bond motifs is 2. The number of ether oxygens (including phenoxy) is 1. The zero-order valence-corrected chi connectivity index (χ0v) is 20.0. The number of nitrogens with one attached hydrogen (secondary N) is 1. The molecule has 0 fully saturated rings. The van der Waals surface area contributed by atoms with E-state index in [4.69, 9.17) is 9.15 Å². The Morgan fingerprint density at radius 2 is 1.83 bits per heavy atom. The van der Waals surface area contributed by atoms with E-state index in [0.717, 1.165) is 16.5 Å². The molecule has 0 saturated heterocycles. The molecule has 0 aliphatic rings. The van der Waals surface area contributed by atoms with Gasteiger partial charge in [-0.05, 0) is 55.6 Å². The second-order valence-electron chi connectivity index (χ2n) is 8.25. The molecule has 180 valence electrons. The Labute approximate surface area is 207 Å². The van der Waals surface area contributed by atoms with Crippen molar-refractivity contribution < 1.29 is 19.1 Å². The monoisotopic (exact) mass is 479 g/mol. The van der Waals surface area contributed by atoms with Gasteiger partial charge in [-0.3, -0.25) is 9.78 Å². The maximum atomic E-state index is 13.6. The van der Waals surface area contributed by atoms with Crippen LogP contribution in [0.3, 0.4) is 0 Å². The second-order valence-corrected chi connectivity index (χ2v) is 8.25. The first-order chi connectivity index (χ1) is 17.6. The molecule has 2 aromatic heterocycles. The number of nitrogens with zero attached hydrogens (tertiary/aromatic N) is 2. The van der Waals surface area contributed by atoms with Crippen molar-refractivity contribution in [3.8, 4) is 5.75 Å².